The summed E-state index contributed by atoms with van der Waals surface area (Å²) in [7, 11) is 1.88. The van der Waals surface area contributed by atoms with Gasteiger partial charge in [-0.2, -0.15) is 0 Å². The summed E-state index contributed by atoms with van der Waals surface area (Å²) in [6, 6.07) is 6.69. The van der Waals surface area contributed by atoms with Crippen molar-refractivity contribution in [3.8, 4) is 0 Å². The molecule has 3 rings (SSSR count). The summed E-state index contributed by atoms with van der Waals surface area (Å²) in [5, 5.41) is 0. The van der Waals surface area contributed by atoms with Crippen molar-refractivity contribution in [1.29, 1.82) is 0 Å². The Labute approximate surface area is 133 Å². The van der Waals surface area contributed by atoms with Crippen molar-refractivity contribution in [1.82, 2.24) is 19.5 Å². The summed E-state index contributed by atoms with van der Waals surface area (Å²) in [5.41, 5.74) is 1.93. The van der Waals surface area contributed by atoms with Gasteiger partial charge in [-0.3, -0.25) is 0 Å². The minimum atomic E-state index is -0.239. The first-order valence-electron chi connectivity index (χ1n) is 7.38. The summed E-state index contributed by atoms with van der Waals surface area (Å²) in [6.45, 7) is 3.35. The molecule has 0 unspecified atom stereocenters. The minimum absolute atomic E-state index is 0.239. The molecule has 0 aliphatic heterocycles. The third kappa shape index (κ3) is 3.14. The number of hydrogen-bond acceptors (Lipinski definition) is 5. The third-order valence-corrected chi connectivity index (χ3v) is 3.53. The van der Waals surface area contributed by atoms with Crippen LogP contribution in [0, 0.1) is 5.82 Å². The molecule has 0 amide bonds. The van der Waals surface area contributed by atoms with E-state index in [1.807, 2.05) is 29.5 Å². The van der Waals surface area contributed by atoms with Crippen molar-refractivity contribution < 1.29 is 9.13 Å². The highest BCUT2D eigenvalue weighted by molar-refractivity contribution is 5.83. The van der Waals surface area contributed by atoms with Crippen LogP contribution in [0.5, 0.6) is 0 Å². The van der Waals surface area contributed by atoms with E-state index in [0.717, 1.165) is 0 Å². The molecule has 2 aromatic heterocycles. The Morgan fingerprint density at radius 2 is 2.04 bits per heavy atom. The van der Waals surface area contributed by atoms with E-state index in [9.17, 15) is 4.39 Å². The molecule has 0 spiro atoms. The number of anilines is 1. The average molecular weight is 315 g/mol. The molecular weight excluding hydrogens is 297 g/mol. The molecule has 1 aromatic carbocycles. The molecule has 0 radical (unpaired) electrons. The molecular formula is C16H18FN5O. The first kappa shape index (κ1) is 15.4. The molecule has 2 heterocycles. The van der Waals surface area contributed by atoms with Gasteiger partial charge >= 0.3 is 0 Å². The van der Waals surface area contributed by atoms with Crippen molar-refractivity contribution in [2.24, 2.45) is 0 Å². The van der Waals surface area contributed by atoms with Gasteiger partial charge in [0, 0.05) is 19.2 Å². The van der Waals surface area contributed by atoms with Crippen LogP contribution in [0.2, 0.25) is 0 Å². The fourth-order valence-corrected chi connectivity index (χ4v) is 2.36. The molecule has 120 valence electrons. The molecule has 0 aliphatic carbocycles. The van der Waals surface area contributed by atoms with Gasteiger partial charge in [-0.1, -0.05) is 18.2 Å². The van der Waals surface area contributed by atoms with Gasteiger partial charge in [0.2, 0.25) is 0 Å². The molecule has 7 heteroatoms. The van der Waals surface area contributed by atoms with Gasteiger partial charge in [-0.25, -0.2) is 19.3 Å². The number of hydrogen-bond donors (Lipinski definition) is 0. The monoisotopic (exact) mass is 315 g/mol. The first-order valence-corrected chi connectivity index (χ1v) is 7.38. The van der Waals surface area contributed by atoms with E-state index < -0.39 is 0 Å². The molecule has 23 heavy (non-hydrogen) atoms. The molecule has 0 saturated heterocycles. The van der Waals surface area contributed by atoms with E-state index in [1.54, 1.807) is 18.5 Å². The highest BCUT2D eigenvalue weighted by Crippen LogP contribution is 2.21. The van der Waals surface area contributed by atoms with Crippen molar-refractivity contribution in [2.75, 3.05) is 25.3 Å². The number of aromatic nitrogens is 4. The maximum absolute atomic E-state index is 13.8. The van der Waals surface area contributed by atoms with Crippen LogP contribution >= 0.6 is 0 Å². The molecule has 6 nitrogen and oxygen atoms in total. The highest BCUT2D eigenvalue weighted by atomic mass is 19.1. The maximum Gasteiger partial charge on any atom is 0.165 e. The zero-order valence-electron chi connectivity index (χ0n) is 13.1. The number of ether oxygens (including phenoxy) is 1. The Balaban J connectivity index is 1.94. The smallest absolute Gasteiger partial charge is 0.165 e. The van der Waals surface area contributed by atoms with Crippen LogP contribution in [0.4, 0.5) is 10.2 Å². The van der Waals surface area contributed by atoms with Gasteiger partial charge in [0.05, 0.1) is 12.9 Å². The summed E-state index contributed by atoms with van der Waals surface area (Å²) >= 11 is 0. The van der Waals surface area contributed by atoms with E-state index in [0.29, 0.717) is 42.4 Å². The number of rotatable bonds is 6. The number of fused-ring (bicyclic) bond motifs is 1. The zero-order valence-corrected chi connectivity index (χ0v) is 13.1. The van der Waals surface area contributed by atoms with Gasteiger partial charge in [0.25, 0.3) is 0 Å². The lowest BCUT2D eigenvalue weighted by molar-refractivity contribution is 0.150. The second kappa shape index (κ2) is 6.70. The summed E-state index contributed by atoms with van der Waals surface area (Å²) < 4.78 is 21.0. The Bertz CT molecular complexity index is 804. The highest BCUT2D eigenvalue weighted by Gasteiger charge is 2.14. The molecule has 0 atom stereocenters. The minimum Gasteiger partial charge on any atom is -0.361 e. The average Bonchev–Trinajstić information content (AvgIpc) is 2.98. The first-order chi connectivity index (χ1) is 11.2. The van der Waals surface area contributed by atoms with Crippen LogP contribution in [-0.2, 0) is 11.3 Å². The summed E-state index contributed by atoms with van der Waals surface area (Å²) in [6.07, 6.45) is 3.14. The number of imidazole rings is 1. The van der Waals surface area contributed by atoms with E-state index in [2.05, 4.69) is 15.0 Å². The number of halogens is 1. The van der Waals surface area contributed by atoms with Crippen molar-refractivity contribution >= 4 is 17.0 Å². The third-order valence-electron chi connectivity index (χ3n) is 3.53. The predicted octanol–water partition coefficient (Wildman–Crippen LogP) is 2.44. The fraction of sp³-hybridized carbons (Fsp3) is 0.312. The normalized spacial score (nSPS) is 11.1. The van der Waals surface area contributed by atoms with Crippen LogP contribution < -0.4 is 4.90 Å². The fourth-order valence-electron chi connectivity index (χ4n) is 2.36. The van der Waals surface area contributed by atoms with Gasteiger partial charge < -0.3 is 14.2 Å². The largest absolute Gasteiger partial charge is 0.361 e. The Kier molecular flexibility index (Phi) is 4.47. The molecule has 0 saturated carbocycles. The molecule has 0 fully saturated rings. The topological polar surface area (TPSA) is 56.1 Å². The van der Waals surface area contributed by atoms with Crippen LogP contribution in [0.25, 0.3) is 11.2 Å². The van der Waals surface area contributed by atoms with E-state index in [1.165, 1.54) is 12.4 Å². The van der Waals surface area contributed by atoms with Crippen LogP contribution in [0.1, 0.15) is 12.5 Å². The lowest BCUT2D eigenvalue weighted by atomic mass is 10.2. The van der Waals surface area contributed by atoms with Crippen molar-refractivity contribution in [3.63, 3.8) is 0 Å². The lowest BCUT2D eigenvalue weighted by Crippen LogP contribution is -2.22. The molecule has 0 aliphatic rings. The van der Waals surface area contributed by atoms with Crippen molar-refractivity contribution in [3.05, 3.63) is 48.3 Å². The molecule has 0 N–H and O–H groups in total. The maximum atomic E-state index is 13.8. The number of benzene rings is 1. The van der Waals surface area contributed by atoms with Gasteiger partial charge in [-0.15, -0.1) is 0 Å². The number of nitrogens with zero attached hydrogens (tertiary/aromatic N) is 5. The molecule has 0 bridgehead atoms. The molecule has 3 aromatic rings. The van der Waals surface area contributed by atoms with Crippen LogP contribution in [-0.4, -0.2) is 39.9 Å². The lowest BCUT2D eigenvalue weighted by Gasteiger charge is -2.17. The SMILES string of the molecule is CCOCN(C)c1ncnc2c1ncn2Cc1ccccc1F. The second-order valence-corrected chi connectivity index (χ2v) is 5.15. The van der Waals surface area contributed by atoms with Gasteiger partial charge in [-0.05, 0) is 13.0 Å². The summed E-state index contributed by atoms with van der Waals surface area (Å²) in [5.74, 6) is 0.452. The second-order valence-electron chi connectivity index (χ2n) is 5.15. The van der Waals surface area contributed by atoms with Crippen LogP contribution in [0.3, 0.4) is 0 Å². The van der Waals surface area contributed by atoms with Crippen molar-refractivity contribution in [2.45, 2.75) is 13.5 Å². The van der Waals surface area contributed by atoms with Gasteiger partial charge in [0.15, 0.2) is 17.0 Å². The quantitative estimate of drug-likeness (QED) is 0.654. The summed E-state index contributed by atoms with van der Waals surface area (Å²) in [4.78, 5) is 14.8. The van der Waals surface area contributed by atoms with E-state index in [-0.39, 0.29) is 5.82 Å². The van der Waals surface area contributed by atoms with E-state index >= 15 is 0 Å². The Hall–Kier alpha value is -2.54. The zero-order chi connectivity index (χ0) is 16.2. The van der Waals surface area contributed by atoms with E-state index in [4.69, 9.17) is 4.74 Å². The predicted molar refractivity (Wildman–Crippen MR) is 85.7 cm³/mol. The Morgan fingerprint density at radius 3 is 2.83 bits per heavy atom. The Morgan fingerprint density at radius 1 is 1.22 bits per heavy atom. The van der Waals surface area contributed by atoms with Gasteiger partial charge in [0.1, 0.15) is 18.9 Å². The van der Waals surface area contributed by atoms with Crippen LogP contribution in [0.15, 0.2) is 36.9 Å². The standard InChI is InChI=1S/C16H18FN5O/c1-3-23-11-21(2)15-14-16(19-9-18-15)22(10-20-14)8-12-6-4-5-7-13(12)17/h4-7,9-10H,3,8,11H2,1-2H3.